The van der Waals surface area contributed by atoms with Crippen LogP contribution in [0, 0.1) is 0 Å². The van der Waals surface area contributed by atoms with Crippen molar-refractivity contribution in [3.8, 4) is 0 Å². The van der Waals surface area contributed by atoms with Crippen molar-refractivity contribution in [2.75, 3.05) is 6.54 Å². The first kappa shape index (κ1) is 20.9. The molecule has 2 N–H and O–H groups in total. The Morgan fingerprint density at radius 3 is 1.71 bits per heavy atom. The van der Waals surface area contributed by atoms with Crippen LogP contribution in [0.15, 0.2) is 0 Å². The third-order valence-electron chi connectivity index (χ3n) is 3.90. The van der Waals surface area contributed by atoms with Crippen LogP contribution in [0.4, 0.5) is 0 Å². The first-order chi connectivity index (χ1) is 10.2. The van der Waals surface area contributed by atoms with Gasteiger partial charge < -0.3 is 0 Å². The molecule has 0 unspecified atom stereocenters. The van der Waals surface area contributed by atoms with Gasteiger partial charge in [0.1, 0.15) is 0 Å². The number of carboxylic acid groups (broad SMARTS) is 1. The van der Waals surface area contributed by atoms with Gasteiger partial charge in [-0.15, -0.1) is 0 Å². The first-order valence-electron chi connectivity index (χ1n) is 8.79. The normalized spacial score (nSPS) is 12.5. The minimum absolute atomic E-state index is 0.391. The molecule has 0 radical (unpaired) electrons. The molecular weight excluding hydrogens is 329 g/mol. The quantitative estimate of drug-likeness (QED) is 0.321. The van der Waals surface area contributed by atoms with Gasteiger partial charge in [-0.3, -0.25) is 0 Å². The zero-order valence-electron chi connectivity index (χ0n) is 13.8. The average Bonchev–Trinajstić information content (AvgIpc) is 2.47. The van der Waals surface area contributed by atoms with Gasteiger partial charge in [0, 0.05) is 0 Å². The fourth-order valence-corrected chi connectivity index (χ4v) is 3.07. The summed E-state index contributed by atoms with van der Waals surface area (Å²) in [6.45, 7) is 3.09. The minimum atomic E-state index is -0.741. The van der Waals surface area contributed by atoms with E-state index in [-0.39, 0.29) is 0 Å². The van der Waals surface area contributed by atoms with Crippen LogP contribution in [0.2, 0.25) is 5.32 Å². The van der Waals surface area contributed by atoms with Crippen molar-refractivity contribution in [2.45, 2.75) is 95.3 Å². The van der Waals surface area contributed by atoms with Gasteiger partial charge in [0.2, 0.25) is 0 Å². The number of nitrogens with one attached hydrogen (secondary N) is 1. The summed E-state index contributed by atoms with van der Waals surface area (Å²) in [7, 11) is 0. The van der Waals surface area contributed by atoms with E-state index in [9.17, 15) is 4.79 Å². The van der Waals surface area contributed by atoms with Crippen molar-refractivity contribution in [1.82, 2.24) is 5.32 Å². The van der Waals surface area contributed by atoms with Gasteiger partial charge in [-0.2, -0.15) is 0 Å². The molecule has 3 nitrogen and oxygen atoms in total. The van der Waals surface area contributed by atoms with Crippen LogP contribution in [0.5, 0.6) is 0 Å². The van der Waals surface area contributed by atoms with Crippen LogP contribution in [-0.2, 0) is 4.79 Å². The molecule has 0 rings (SSSR count). The van der Waals surface area contributed by atoms with E-state index in [1.165, 1.54) is 70.6 Å². The van der Waals surface area contributed by atoms with Gasteiger partial charge in [0.05, 0.1) is 0 Å². The van der Waals surface area contributed by atoms with Gasteiger partial charge in [-0.05, 0) is 0 Å². The van der Waals surface area contributed by atoms with Crippen molar-refractivity contribution < 1.29 is 9.90 Å². The van der Waals surface area contributed by atoms with E-state index in [1.54, 1.807) is 0 Å². The summed E-state index contributed by atoms with van der Waals surface area (Å²) in [5, 5.41) is 12.6. The SMILES string of the molecule is CCCCCCCCCCCCCCN[C@@H](C[SeH])C(=O)O. The summed E-state index contributed by atoms with van der Waals surface area (Å²) in [6, 6.07) is -0.391. The predicted molar refractivity (Wildman–Crippen MR) is 92.5 cm³/mol. The first-order valence-corrected chi connectivity index (χ1v) is 10.1. The summed E-state index contributed by atoms with van der Waals surface area (Å²) < 4.78 is 0. The molecule has 0 aliphatic heterocycles. The van der Waals surface area contributed by atoms with Gasteiger partial charge in [-0.1, -0.05) is 32.6 Å². The second-order valence-corrected chi connectivity index (χ2v) is 6.68. The Labute approximate surface area is 139 Å². The van der Waals surface area contributed by atoms with E-state index < -0.39 is 12.0 Å². The Morgan fingerprint density at radius 1 is 0.905 bits per heavy atom. The molecule has 0 aromatic heterocycles. The van der Waals surface area contributed by atoms with Gasteiger partial charge in [-0.25, -0.2) is 0 Å². The Hall–Kier alpha value is -0.0505. The maximum atomic E-state index is 10.8. The van der Waals surface area contributed by atoms with E-state index in [0.29, 0.717) is 5.32 Å². The summed E-state index contributed by atoms with van der Waals surface area (Å²) in [5.41, 5.74) is 0. The number of hydrogen-bond acceptors (Lipinski definition) is 2. The number of carbonyl (C=O) groups is 1. The second-order valence-electron chi connectivity index (χ2n) is 5.92. The fraction of sp³-hybridized carbons (Fsp3) is 0.941. The molecule has 1 atom stereocenters. The van der Waals surface area contributed by atoms with Gasteiger partial charge >= 0.3 is 106 Å². The number of hydrogen-bond donors (Lipinski definition) is 2. The molecule has 0 bridgehead atoms. The van der Waals surface area contributed by atoms with Crippen LogP contribution >= 0.6 is 0 Å². The van der Waals surface area contributed by atoms with Crippen LogP contribution in [-0.4, -0.2) is 39.7 Å². The molecule has 0 amide bonds. The molecule has 0 aliphatic carbocycles. The fourth-order valence-electron chi connectivity index (χ4n) is 2.47. The van der Waals surface area contributed by atoms with E-state index in [1.807, 2.05) is 0 Å². The third-order valence-corrected chi connectivity index (χ3v) is 4.67. The number of unbranched alkanes of at least 4 members (excludes halogenated alkanes) is 11. The number of aliphatic carboxylic acids is 1. The summed E-state index contributed by atoms with van der Waals surface area (Å²) in [5.74, 6) is -0.741. The van der Waals surface area contributed by atoms with E-state index in [4.69, 9.17) is 5.11 Å². The van der Waals surface area contributed by atoms with Gasteiger partial charge in [0.25, 0.3) is 0 Å². The van der Waals surface area contributed by atoms with Crippen LogP contribution in [0.25, 0.3) is 0 Å². The van der Waals surface area contributed by atoms with E-state index in [2.05, 4.69) is 28.3 Å². The average molecular weight is 364 g/mol. The molecular formula is C17H35NO2Se. The number of rotatable bonds is 16. The van der Waals surface area contributed by atoms with Crippen molar-refractivity contribution in [1.29, 1.82) is 0 Å². The topological polar surface area (TPSA) is 49.3 Å². The van der Waals surface area contributed by atoms with E-state index in [0.717, 1.165) is 13.0 Å². The molecule has 0 saturated heterocycles. The molecule has 0 aromatic rings. The Morgan fingerprint density at radius 2 is 1.33 bits per heavy atom. The molecule has 0 fully saturated rings. The van der Waals surface area contributed by atoms with Crippen molar-refractivity contribution in [3.63, 3.8) is 0 Å². The predicted octanol–water partition coefficient (Wildman–Crippen LogP) is 4.05. The summed E-state index contributed by atoms with van der Waals surface area (Å²) in [4.78, 5) is 10.8. The summed E-state index contributed by atoms with van der Waals surface area (Å²) >= 11 is 2.34. The second kappa shape index (κ2) is 16.3. The molecule has 0 aromatic carbocycles. The number of carboxylic acids is 1. The van der Waals surface area contributed by atoms with Crippen molar-refractivity contribution in [2.24, 2.45) is 0 Å². The monoisotopic (exact) mass is 365 g/mol. The van der Waals surface area contributed by atoms with Crippen LogP contribution < -0.4 is 5.32 Å². The molecule has 4 heteroatoms. The molecule has 0 aliphatic rings. The molecule has 0 heterocycles. The van der Waals surface area contributed by atoms with Crippen molar-refractivity contribution in [3.05, 3.63) is 0 Å². The Kier molecular flexibility index (Phi) is 16.3. The zero-order valence-corrected chi connectivity index (χ0v) is 15.7. The Bertz CT molecular complexity index is 237. The molecule has 126 valence electrons. The van der Waals surface area contributed by atoms with Gasteiger partial charge in [0.15, 0.2) is 0 Å². The molecule has 0 saturated carbocycles. The molecule has 21 heavy (non-hydrogen) atoms. The van der Waals surface area contributed by atoms with Crippen LogP contribution in [0.3, 0.4) is 0 Å². The van der Waals surface area contributed by atoms with Crippen LogP contribution in [0.1, 0.15) is 84.0 Å². The maximum absolute atomic E-state index is 10.8. The Balaban J connectivity index is 3.14. The van der Waals surface area contributed by atoms with E-state index >= 15 is 0 Å². The standard InChI is InChI=1S/C17H35NO2Se/c1-2-3-4-5-6-7-8-9-10-11-12-13-14-18-16(15-21)17(19)20/h16,18,21H,2-15H2,1H3,(H,19,20)/t16-/m0/s1. The van der Waals surface area contributed by atoms with Crippen molar-refractivity contribution >= 4 is 22.0 Å². The third kappa shape index (κ3) is 14.6. The summed E-state index contributed by atoms with van der Waals surface area (Å²) in [6.07, 6.45) is 16.1. The zero-order chi connectivity index (χ0) is 15.8. The molecule has 0 spiro atoms.